The lowest BCUT2D eigenvalue weighted by Crippen LogP contribution is -2.15. The highest BCUT2D eigenvalue weighted by Crippen LogP contribution is 2.42. The number of hydrogen-bond acceptors (Lipinski definition) is 2. The van der Waals surface area contributed by atoms with Crippen LogP contribution < -0.4 is 10.5 Å². The second kappa shape index (κ2) is 3.58. The molecule has 1 aliphatic rings. The highest BCUT2D eigenvalue weighted by molar-refractivity contribution is 5.37. The molecular weight excluding hydrogens is 181 g/mol. The molecule has 0 bridgehead atoms. The number of rotatable bonds is 3. The SMILES string of the molecule is COc1cccc(F)c1C(N)C1CC1. The van der Waals surface area contributed by atoms with Gasteiger partial charge in [-0.2, -0.15) is 0 Å². The lowest BCUT2D eigenvalue weighted by molar-refractivity contribution is 0.395. The molecule has 0 spiro atoms. The van der Waals surface area contributed by atoms with Gasteiger partial charge in [0.1, 0.15) is 11.6 Å². The monoisotopic (exact) mass is 195 g/mol. The van der Waals surface area contributed by atoms with E-state index in [1.165, 1.54) is 13.2 Å². The van der Waals surface area contributed by atoms with Crippen molar-refractivity contribution in [2.75, 3.05) is 7.11 Å². The molecular formula is C11H14FNO. The molecule has 3 heteroatoms. The van der Waals surface area contributed by atoms with Gasteiger partial charge in [0.05, 0.1) is 7.11 Å². The van der Waals surface area contributed by atoms with Gasteiger partial charge in [-0.1, -0.05) is 6.07 Å². The minimum absolute atomic E-state index is 0.217. The summed E-state index contributed by atoms with van der Waals surface area (Å²) < 4.78 is 18.6. The summed E-state index contributed by atoms with van der Waals surface area (Å²) in [5.41, 5.74) is 6.48. The first kappa shape index (κ1) is 9.46. The molecule has 76 valence electrons. The predicted octanol–water partition coefficient (Wildman–Crippen LogP) is 2.24. The van der Waals surface area contributed by atoms with Crippen molar-refractivity contribution in [1.29, 1.82) is 0 Å². The fourth-order valence-corrected chi connectivity index (χ4v) is 1.71. The highest BCUT2D eigenvalue weighted by Gasteiger charge is 2.32. The molecule has 1 fully saturated rings. The van der Waals surface area contributed by atoms with Crippen LogP contribution in [0.5, 0.6) is 5.75 Å². The van der Waals surface area contributed by atoms with Gasteiger partial charge < -0.3 is 10.5 Å². The summed E-state index contributed by atoms with van der Waals surface area (Å²) in [6.07, 6.45) is 2.19. The van der Waals surface area contributed by atoms with Gasteiger partial charge in [-0.25, -0.2) is 4.39 Å². The van der Waals surface area contributed by atoms with Crippen molar-refractivity contribution in [1.82, 2.24) is 0 Å². The van der Waals surface area contributed by atoms with Crippen molar-refractivity contribution in [3.8, 4) is 5.75 Å². The van der Waals surface area contributed by atoms with Gasteiger partial charge in [0.15, 0.2) is 0 Å². The zero-order chi connectivity index (χ0) is 10.1. The minimum atomic E-state index is -0.260. The van der Waals surface area contributed by atoms with Crippen LogP contribution in [0.2, 0.25) is 0 Å². The highest BCUT2D eigenvalue weighted by atomic mass is 19.1. The Morgan fingerprint density at radius 1 is 1.50 bits per heavy atom. The molecule has 0 heterocycles. The molecule has 1 atom stereocenters. The Balaban J connectivity index is 2.37. The van der Waals surface area contributed by atoms with Gasteiger partial charge in [-0.3, -0.25) is 0 Å². The summed E-state index contributed by atoms with van der Waals surface area (Å²) in [6, 6.07) is 4.60. The van der Waals surface area contributed by atoms with Crippen molar-refractivity contribution >= 4 is 0 Å². The maximum absolute atomic E-state index is 13.5. The fourth-order valence-electron chi connectivity index (χ4n) is 1.71. The maximum atomic E-state index is 13.5. The Morgan fingerprint density at radius 3 is 2.79 bits per heavy atom. The second-order valence-electron chi connectivity index (χ2n) is 3.72. The number of ether oxygens (including phenoxy) is 1. The molecule has 2 N–H and O–H groups in total. The van der Waals surface area contributed by atoms with Crippen molar-refractivity contribution in [3.63, 3.8) is 0 Å². The molecule has 0 radical (unpaired) electrons. The number of hydrogen-bond donors (Lipinski definition) is 1. The Kier molecular flexibility index (Phi) is 2.42. The first-order chi connectivity index (χ1) is 6.74. The summed E-state index contributed by atoms with van der Waals surface area (Å²) in [5, 5.41) is 0. The van der Waals surface area contributed by atoms with E-state index in [1.54, 1.807) is 12.1 Å². The van der Waals surface area contributed by atoms with Crippen LogP contribution in [0.4, 0.5) is 4.39 Å². The molecule has 1 unspecified atom stereocenters. The van der Waals surface area contributed by atoms with E-state index in [-0.39, 0.29) is 11.9 Å². The topological polar surface area (TPSA) is 35.2 Å². The molecule has 2 rings (SSSR count). The number of nitrogens with two attached hydrogens (primary N) is 1. The number of methoxy groups -OCH3 is 1. The van der Waals surface area contributed by atoms with E-state index in [1.807, 2.05) is 0 Å². The van der Waals surface area contributed by atoms with Crippen LogP contribution in [0, 0.1) is 11.7 Å². The van der Waals surface area contributed by atoms with E-state index in [4.69, 9.17) is 10.5 Å². The van der Waals surface area contributed by atoms with E-state index in [0.717, 1.165) is 12.8 Å². The Hall–Kier alpha value is -1.09. The molecule has 2 nitrogen and oxygen atoms in total. The van der Waals surface area contributed by atoms with Crippen molar-refractivity contribution < 1.29 is 9.13 Å². The van der Waals surface area contributed by atoms with Crippen LogP contribution in [0.15, 0.2) is 18.2 Å². The van der Waals surface area contributed by atoms with Crippen LogP contribution >= 0.6 is 0 Å². The van der Waals surface area contributed by atoms with E-state index >= 15 is 0 Å². The summed E-state index contributed by atoms with van der Waals surface area (Å²) >= 11 is 0. The van der Waals surface area contributed by atoms with Gasteiger partial charge >= 0.3 is 0 Å². The lowest BCUT2D eigenvalue weighted by atomic mass is 10.0. The first-order valence-corrected chi connectivity index (χ1v) is 4.82. The molecule has 0 amide bonds. The maximum Gasteiger partial charge on any atom is 0.131 e. The van der Waals surface area contributed by atoms with E-state index in [0.29, 0.717) is 17.2 Å². The van der Waals surface area contributed by atoms with E-state index in [2.05, 4.69) is 0 Å². The van der Waals surface area contributed by atoms with E-state index < -0.39 is 0 Å². The lowest BCUT2D eigenvalue weighted by Gasteiger charge is -2.15. The molecule has 1 aromatic carbocycles. The van der Waals surface area contributed by atoms with Crippen LogP contribution in [-0.2, 0) is 0 Å². The smallest absolute Gasteiger partial charge is 0.131 e. The van der Waals surface area contributed by atoms with Gasteiger partial charge in [0.25, 0.3) is 0 Å². The van der Waals surface area contributed by atoms with Gasteiger partial charge in [0, 0.05) is 11.6 Å². The quantitative estimate of drug-likeness (QED) is 0.802. The summed E-state index contributed by atoms with van der Waals surface area (Å²) in [6.45, 7) is 0. The summed E-state index contributed by atoms with van der Waals surface area (Å²) in [7, 11) is 1.54. The van der Waals surface area contributed by atoms with Crippen LogP contribution in [0.25, 0.3) is 0 Å². The number of halogens is 1. The van der Waals surface area contributed by atoms with Crippen LogP contribution in [0.1, 0.15) is 24.4 Å². The molecule has 0 aliphatic heterocycles. The molecule has 1 aromatic rings. The third-order valence-corrected chi connectivity index (χ3v) is 2.70. The molecule has 14 heavy (non-hydrogen) atoms. The Labute approximate surface area is 82.9 Å². The van der Waals surface area contributed by atoms with Gasteiger partial charge in [-0.15, -0.1) is 0 Å². The Bertz CT molecular complexity index is 336. The normalized spacial score (nSPS) is 17.9. The van der Waals surface area contributed by atoms with Crippen LogP contribution in [0.3, 0.4) is 0 Å². The first-order valence-electron chi connectivity index (χ1n) is 4.82. The molecule has 1 saturated carbocycles. The Morgan fingerprint density at radius 2 is 2.21 bits per heavy atom. The third kappa shape index (κ3) is 1.60. The second-order valence-corrected chi connectivity index (χ2v) is 3.72. The fraction of sp³-hybridized carbons (Fsp3) is 0.455. The van der Waals surface area contributed by atoms with Gasteiger partial charge in [-0.05, 0) is 30.9 Å². The van der Waals surface area contributed by atoms with Gasteiger partial charge in [0.2, 0.25) is 0 Å². The zero-order valence-corrected chi connectivity index (χ0v) is 8.16. The van der Waals surface area contributed by atoms with Crippen molar-refractivity contribution in [3.05, 3.63) is 29.6 Å². The molecule has 0 aromatic heterocycles. The van der Waals surface area contributed by atoms with Crippen LogP contribution in [-0.4, -0.2) is 7.11 Å². The average Bonchev–Trinajstić information content (AvgIpc) is 2.99. The molecule has 0 saturated heterocycles. The minimum Gasteiger partial charge on any atom is -0.496 e. The van der Waals surface area contributed by atoms with Crippen molar-refractivity contribution in [2.45, 2.75) is 18.9 Å². The number of benzene rings is 1. The summed E-state index contributed by atoms with van der Waals surface area (Å²) in [5.74, 6) is 0.731. The average molecular weight is 195 g/mol. The summed E-state index contributed by atoms with van der Waals surface area (Å²) in [4.78, 5) is 0. The van der Waals surface area contributed by atoms with E-state index in [9.17, 15) is 4.39 Å². The van der Waals surface area contributed by atoms with Crippen molar-refractivity contribution in [2.24, 2.45) is 11.7 Å². The third-order valence-electron chi connectivity index (χ3n) is 2.70. The standard InChI is InChI=1S/C11H14FNO/c1-14-9-4-2-3-8(12)10(9)11(13)7-5-6-7/h2-4,7,11H,5-6,13H2,1H3. The molecule has 1 aliphatic carbocycles. The largest absolute Gasteiger partial charge is 0.496 e. The predicted molar refractivity (Wildman–Crippen MR) is 52.6 cm³/mol. The zero-order valence-electron chi connectivity index (χ0n) is 8.16.